The molecule has 0 radical (unpaired) electrons. The van der Waals surface area contributed by atoms with Gasteiger partial charge in [-0.2, -0.15) is 0 Å². The molecule has 2 aliphatic rings. The van der Waals surface area contributed by atoms with E-state index in [9.17, 15) is 0 Å². The quantitative estimate of drug-likeness (QED) is 0.664. The van der Waals surface area contributed by atoms with Crippen LogP contribution in [0.4, 0.5) is 0 Å². The molecule has 0 aliphatic carbocycles. The molecular weight excluding hydrogens is 166 g/mol. The maximum absolute atomic E-state index is 6.00. The van der Waals surface area contributed by atoms with Crippen molar-refractivity contribution in [1.82, 2.24) is 0 Å². The van der Waals surface area contributed by atoms with Crippen LogP contribution in [-0.2, 0) is 9.47 Å². The first-order valence-corrected chi connectivity index (χ1v) is 5.24. The van der Waals surface area contributed by atoms with E-state index in [0.717, 1.165) is 25.9 Å². The van der Waals surface area contributed by atoms with Gasteiger partial charge in [-0.1, -0.05) is 0 Å². The molecule has 0 unspecified atom stereocenters. The number of ether oxygens (including phenoxy) is 2. The second-order valence-electron chi connectivity index (χ2n) is 4.33. The molecule has 3 nitrogen and oxygen atoms in total. The summed E-state index contributed by atoms with van der Waals surface area (Å²) in [5, 5.41) is 0. The van der Waals surface area contributed by atoms with E-state index < -0.39 is 0 Å². The first-order valence-electron chi connectivity index (χ1n) is 5.24. The molecule has 3 heteroatoms. The summed E-state index contributed by atoms with van der Waals surface area (Å²) in [6, 6.07) is 0. The van der Waals surface area contributed by atoms with E-state index in [4.69, 9.17) is 15.2 Å². The lowest BCUT2D eigenvalue weighted by Crippen LogP contribution is -2.40. The predicted octanol–water partition coefficient (Wildman–Crippen LogP) is 1.06. The van der Waals surface area contributed by atoms with Gasteiger partial charge in [0.2, 0.25) is 0 Å². The van der Waals surface area contributed by atoms with Crippen LogP contribution in [0.15, 0.2) is 0 Å². The molecule has 0 aromatic rings. The van der Waals surface area contributed by atoms with Crippen LogP contribution in [0.2, 0.25) is 0 Å². The highest BCUT2D eigenvalue weighted by molar-refractivity contribution is 4.92. The van der Waals surface area contributed by atoms with Crippen molar-refractivity contribution in [1.29, 1.82) is 0 Å². The van der Waals surface area contributed by atoms with Crippen LogP contribution in [0, 0.1) is 0 Å². The highest BCUT2D eigenvalue weighted by atomic mass is 16.5. The summed E-state index contributed by atoms with van der Waals surface area (Å²) in [5.74, 6) is 0. The van der Waals surface area contributed by atoms with Gasteiger partial charge < -0.3 is 15.2 Å². The Kier molecular flexibility index (Phi) is 2.58. The third-order valence-corrected chi connectivity index (χ3v) is 3.22. The molecule has 2 aliphatic heterocycles. The lowest BCUT2D eigenvalue weighted by Gasteiger charge is -2.36. The zero-order valence-electron chi connectivity index (χ0n) is 8.29. The molecule has 2 fully saturated rings. The third-order valence-electron chi connectivity index (χ3n) is 3.22. The maximum Gasteiger partial charge on any atom is 0.0734 e. The van der Waals surface area contributed by atoms with Crippen molar-refractivity contribution < 1.29 is 9.47 Å². The molecule has 0 aromatic heterocycles. The summed E-state index contributed by atoms with van der Waals surface area (Å²) in [7, 11) is 0. The Morgan fingerprint density at radius 3 is 2.92 bits per heavy atom. The third kappa shape index (κ3) is 1.87. The molecular formula is C10H19NO2. The molecule has 2 heterocycles. The lowest BCUT2D eigenvalue weighted by atomic mass is 9.88. The molecule has 0 amide bonds. The van der Waals surface area contributed by atoms with Gasteiger partial charge in [0.25, 0.3) is 0 Å². The topological polar surface area (TPSA) is 44.5 Å². The van der Waals surface area contributed by atoms with Gasteiger partial charge in [0.1, 0.15) is 0 Å². The summed E-state index contributed by atoms with van der Waals surface area (Å²) in [6.07, 6.45) is 5.04. The first-order chi connectivity index (χ1) is 6.24. The minimum atomic E-state index is 0.113. The molecule has 1 spiro atoms. The second kappa shape index (κ2) is 3.56. The summed E-state index contributed by atoms with van der Waals surface area (Å²) in [6.45, 7) is 3.63. The van der Waals surface area contributed by atoms with E-state index in [0.29, 0.717) is 18.8 Å². The van der Waals surface area contributed by atoms with Gasteiger partial charge in [-0.15, -0.1) is 0 Å². The molecule has 13 heavy (non-hydrogen) atoms. The van der Waals surface area contributed by atoms with Crippen molar-refractivity contribution in [2.75, 3.05) is 13.2 Å². The number of hydrogen-bond acceptors (Lipinski definition) is 3. The van der Waals surface area contributed by atoms with Crippen molar-refractivity contribution >= 4 is 0 Å². The molecule has 3 atom stereocenters. The Hall–Kier alpha value is -0.120. The van der Waals surface area contributed by atoms with Gasteiger partial charge in [-0.05, 0) is 26.2 Å². The fourth-order valence-corrected chi connectivity index (χ4v) is 2.53. The van der Waals surface area contributed by atoms with E-state index in [-0.39, 0.29) is 5.60 Å². The molecule has 2 saturated heterocycles. The van der Waals surface area contributed by atoms with Gasteiger partial charge in [-0.25, -0.2) is 0 Å². The first kappa shape index (κ1) is 9.44. The fraction of sp³-hybridized carbons (Fsp3) is 1.00. The Bertz CT molecular complexity index is 186. The highest BCUT2D eigenvalue weighted by Crippen LogP contribution is 2.39. The van der Waals surface area contributed by atoms with Crippen LogP contribution >= 0.6 is 0 Å². The van der Waals surface area contributed by atoms with Crippen LogP contribution in [0.3, 0.4) is 0 Å². The second-order valence-corrected chi connectivity index (χ2v) is 4.33. The minimum absolute atomic E-state index is 0.113. The summed E-state index contributed by atoms with van der Waals surface area (Å²) >= 11 is 0. The van der Waals surface area contributed by atoms with Crippen molar-refractivity contribution in [2.45, 2.75) is 50.4 Å². The van der Waals surface area contributed by atoms with E-state index >= 15 is 0 Å². The lowest BCUT2D eigenvalue weighted by molar-refractivity contribution is -0.125. The Labute approximate surface area is 79.6 Å². The van der Waals surface area contributed by atoms with Gasteiger partial charge in [0, 0.05) is 19.6 Å². The van der Waals surface area contributed by atoms with Gasteiger partial charge in [0.15, 0.2) is 0 Å². The highest BCUT2D eigenvalue weighted by Gasteiger charge is 2.42. The van der Waals surface area contributed by atoms with E-state index in [1.165, 1.54) is 6.42 Å². The summed E-state index contributed by atoms with van der Waals surface area (Å²) < 4.78 is 11.5. The van der Waals surface area contributed by atoms with E-state index in [1.54, 1.807) is 0 Å². The predicted molar refractivity (Wildman–Crippen MR) is 50.5 cm³/mol. The van der Waals surface area contributed by atoms with Crippen LogP contribution in [-0.4, -0.2) is 31.0 Å². The van der Waals surface area contributed by atoms with Crippen molar-refractivity contribution in [2.24, 2.45) is 5.73 Å². The van der Waals surface area contributed by atoms with Crippen molar-refractivity contribution in [3.63, 3.8) is 0 Å². The zero-order chi connectivity index (χ0) is 9.31. The zero-order valence-corrected chi connectivity index (χ0v) is 8.29. The van der Waals surface area contributed by atoms with E-state index in [2.05, 4.69) is 6.92 Å². The number of hydrogen-bond donors (Lipinski definition) is 1. The van der Waals surface area contributed by atoms with Crippen molar-refractivity contribution in [3.8, 4) is 0 Å². The van der Waals surface area contributed by atoms with Crippen LogP contribution in [0.25, 0.3) is 0 Å². The smallest absolute Gasteiger partial charge is 0.0734 e. The standard InChI is InChI=1S/C10H19NO2/c1-8-6-10(4-5-12-8)3-2-9(7-11)13-10/h8-9H,2-7,11H2,1H3/t8-,9-,10+/m1/s1. The van der Waals surface area contributed by atoms with Crippen LogP contribution < -0.4 is 5.73 Å². The van der Waals surface area contributed by atoms with Crippen LogP contribution in [0.5, 0.6) is 0 Å². The van der Waals surface area contributed by atoms with Gasteiger partial charge >= 0.3 is 0 Å². The average Bonchev–Trinajstić information content (AvgIpc) is 2.48. The Morgan fingerprint density at radius 2 is 2.31 bits per heavy atom. The maximum atomic E-state index is 6.00. The Morgan fingerprint density at radius 1 is 1.46 bits per heavy atom. The number of nitrogens with two attached hydrogens (primary N) is 1. The fourth-order valence-electron chi connectivity index (χ4n) is 2.53. The number of rotatable bonds is 1. The van der Waals surface area contributed by atoms with E-state index in [1.807, 2.05) is 0 Å². The van der Waals surface area contributed by atoms with Gasteiger partial charge in [0.05, 0.1) is 17.8 Å². The van der Waals surface area contributed by atoms with Gasteiger partial charge in [-0.3, -0.25) is 0 Å². The molecule has 76 valence electrons. The monoisotopic (exact) mass is 185 g/mol. The molecule has 2 N–H and O–H groups in total. The SMILES string of the molecule is C[C@@H]1C[C@@]2(CCO1)CC[C@H](CN)O2. The normalized spacial score (nSPS) is 45.7. The van der Waals surface area contributed by atoms with Crippen LogP contribution in [0.1, 0.15) is 32.6 Å². The molecule has 0 bridgehead atoms. The molecule has 0 saturated carbocycles. The average molecular weight is 185 g/mol. The largest absolute Gasteiger partial charge is 0.378 e. The Balaban J connectivity index is 1.97. The summed E-state index contributed by atoms with van der Waals surface area (Å²) in [5.41, 5.74) is 5.71. The van der Waals surface area contributed by atoms with Crippen molar-refractivity contribution in [3.05, 3.63) is 0 Å². The molecule has 0 aromatic carbocycles. The minimum Gasteiger partial charge on any atom is -0.378 e. The summed E-state index contributed by atoms with van der Waals surface area (Å²) in [4.78, 5) is 0. The molecule has 2 rings (SSSR count).